The lowest BCUT2D eigenvalue weighted by molar-refractivity contribution is -0.145. The van der Waals surface area contributed by atoms with Crippen LogP contribution in [-0.4, -0.2) is 37.1 Å². The zero-order valence-corrected chi connectivity index (χ0v) is 12.2. The number of nitrogens with zero attached hydrogens (tertiary/aromatic N) is 2. The molecule has 0 saturated carbocycles. The Labute approximate surface area is 127 Å². The van der Waals surface area contributed by atoms with Gasteiger partial charge < -0.3 is 9.64 Å². The Bertz CT molecular complexity index is 620. The van der Waals surface area contributed by atoms with Gasteiger partial charge in [0.25, 0.3) is 0 Å². The minimum absolute atomic E-state index is 0.209. The van der Waals surface area contributed by atoms with E-state index >= 15 is 0 Å². The quantitative estimate of drug-likeness (QED) is 0.623. The molecule has 0 bridgehead atoms. The van der Waals surface area contributed by atoms with E-state index < -0.39 is 40.8 Å². The summed E-state index contributed by atoms with van der Waals surface area (Å²) in [5, 5.41) is 0. The molecule has 0 atom stereocenters. The zero-order valence-electron chi connectivity index (χ0n) is 12.2. The summed E-state index contributed by atoms with van der Waals surface area (Å²) in [5.41, 5.74) is -5.38. The number of hydrogen-bond acceptors (Lipinski definition) is 4. The monoisotopic (exact) mass is 342 g/mol. The highest BCUT2D eigenvalue weighted by Crippen LogP contribution is 2.38. The van der Waals surface area contributed by atoms with Crippen molar-refractivity contribution in [3.63, 3.8) is 0 Å². The van der Waals surface area contributed by atoms with E-state index in [9.17, 15) is 31.1 Å². The highest BCUT2D eigenvalue weighted by atomic mass is 19.4. The molecular formula is C13H12F6N2O2. The molecule has 0 aromatic carbocycles. The molecule has 1 aromatic heterocycles. The average molecular weight is 342 g/mol. The van der Waals surface area contributed by atoms with Crippen molar-refractivity contribution in [2.75, 3.05) is 21.2 Å². The zero-order chi connectivity index (χ0) is 18.0. The van der Waals surface area contributed by atoms with Gasteiger partial charge in [-0.15, -0.1) is 0 Å². The number of methoxy groups -OCH3 is 1. The molecule has 0 saturated heterocycles. The first-order valence-corrected chi connectivity index (χ1v) is 6.00. The molecule has 1 aromatic rings. The first-order chi connectivity index (χ1) is 10.4. The van der Waals surface area contributed by atoms with Crippen molar-refractivity contribution in [3.05, 3.63) is 34.8 Å². The van der Waals surface area contributed by atoms with Crippen LogP contribution in [0, 0.1) is 0 Å². The third-order valence-electron chi connectivity index (χ3n) is 2.56. The maximum absolute atomic E-state index is 13.1. The molecule has 0 spiro atoms. The van der Waals surface area contributed by atoms with Crippen molar-refractivity contribution < 1.29 is 35.9 Å². The Hall–Kier alpha value is -2.26. The fourth-order valence-electron chi connectivity index (χ4n) is 1.59. The lowest BCUT2D eigenvalue weighted by Gasteiger charge is -2.16. The number of aromatic nitrogens is 1. The Balaban J connectivity index is 3.77. The van der Waals surface area contributed by atoms with Crippen LogP contribution >= 0.6 is 0 Å². The molecule has 0 N–H and O–H groups in total. The van der Waals surface area contributed by atoms with Crippen LogP contribution in [0.25, 0.3) is 6.08 Å². The van der Waals surface area contributed by atoms with E-state index in [2.05, 4.69) is 9.72 Å². The first kappa shape index (κ1) is 18.8. The summed E-state index contributed by atoms with van der Waals surface area (Å²) in [4.78, 5) is 16.1. The van der Waals surface area contributed by atoms with Crippen LogP contribution in [0.5, 0.6) is 0 Å². The minimum atomic E-state index is -5.19. The lowest BCUT2D eigenvalue weighted by Crippen LogP contribution is -2.20. The van der Waals surface area contributed by atoms with Gasteiger partial charge in [0.1, 0.15) is 5.69 Å². The van der Waals surface area contributed by atoms with Crippen LogP contribution in [-0.2, 0) is 17.1 Å². The molecule has 0 unspecified atom stereocenters. The number of rotatable bonds is 3. The molecule has 23 heavy (non-hydrogen) atoms. The molecule has 128 valence electrons. The second-order valence-electron chi connectivity index (χ2n) is 4.58. The third kappa shape index (κ3) is 4.60. The van der Waals surface area contributed by atoms with E-state index in [4.69, 9.17) is 0 Å². The van der Waals surface area contributed by atoms with E-state index in [1.807, 2.05) is 0 Å². The number of hydrogen-bond donors (Lipinski definition) is 0. The lowest BCUT2D eigenvalue weighted by atomic mass is 10.0. The van der Waals surface area contributed by atoms with Crippen molar-refractivity contribution in [1.82, 2.24) is 9.88 Å². The van der Waals surface area contributed by atoms with Gasteiger partial charge in [-0.2, -0.15) is 26.3 Å². The maximum atomic E-state index is 13.1. The van der Waals surface area contributed by atoms with Crippen LogP contribution < -0.4 is 0 Å². The molecule has 0 fully saturated rings. The summed E-state index contributed by atoms with van der Waals surface area (Å²) in [6, 6.07) is -0.209. The second kappa shape index (κ2) is 6.47. The minimum Gasteiger partial charge on any atom is -0.465 e. The summed E-state index contributed by atoms with van der Waals surface area (Å²) in [7, 11) is 3.80. The first-order valence-electron chi connectivity index (χ1n) is 6.00. The van der Waals surface area contributed by atoms with Crippen LogP contribution in [0.2, 0.25) is 0 Å². The van der Waals surface area contributed by atoms with E-state index in [0.29, 0.717) is 0 Å². The van der Waals surface area contributed by atoms with Crippen molar-refractivity contribution in [3.8, 4) is 0 Å². The van der Waals surface area contributed by atoms with Gasteiger partial charge in [0.2, 0.25) is 0 Å². The SMILES string of the molecule is COC(=O)c1c(C(F)(F)F)cc(C(F)(F)F)nc1C=CN(C)C. The fourth-order valence-corrected chi connectivity index (χ4v) is 1.59. The van der Waals surface area contributed by atoms with Gasteiger partial charge in [0.15, 0.2) is 0 Å². The number of esters is 1. The van der Waals surface area contributed by atoms with E-state index in [-0.39, 0.29) is 6.07 Å². The van der Waals surface area contributed by atoms with Crippen molar-refractivity contribution in [1.29, 1.82) is 0 Å². The summed E-state index contributed by atoms with van der Waals surface area (Å²) >= 11 is 0. The number of halogens is 6. The van der Waals surface area contributed by atoms with Gasteiger partial charge in [-0.1, -0.05) is 0 Å². The summed E-state index contributed by atoms with van der Waals surface area (Å²) in [5.74, 6) is -1.43. The molecular weight excluding hydrogens is 330 g/mol. The van der Waals surface area contributed by atoms with Crippen LogP contribution in [0.1, 0.15) is 27.3 Å². The molecule has 4 nitrogen and oxygen atoms in total. The van der Waals surface area contributed by atoms with Crippen LogP contribution in [0.3, 0.4) is 0 Å². The predicted molar refractivity (Wildman–Crippen MR) is 68.3 cm³/mol. The highest BCUT2D eigenvalue weighted by Gasteiger charge is 2.42. The van der Waals surface area contributed by atoms with Crippen LogP contribution in [0.4, 0.5) is 26.3 Å². The van der Waals surface area contributed by atoms with Crippen LogP contribution in [0.15, 0.2) is 12.3 Å². The normalized spacial score (nSPS) is 12.6. The summed E-state index contributed by atoms with van der Waals surface area (Å²) in [6.07, 6.45) is -8.26. The fraction of sp³-hybridized carbons (Fsp3) is 0.385. The molecule has 0 radical (unpaired) electrons. The second-order valence-corrected chi connectivity index (χ2v) is 4.58. The standard InChI is InChI=1S/C13H12F6N2O2/c1-21(2)5-4-8-10(11(22)23-3)7(12(14,15)16)6-9(20-8)13(17,18)19/h4-6H,1-3H3. The topological polar surface area (TPSA) is 42.4 Å². The summed E-state index contributed by atoms with van der Waals surface area (Å²) < 4.78 is 81.7. The van der Waals surface area contributed by atoms with Gasteiger partial charge in [0.05, 0.1) is 23.9 Å². The Kier molecular flexibility index (Phi) is 5.28. The number of ether oxygens (including phenoxy) is 1. The Morgan fingerprint density at radius 2 is 1.74 bits per heavy atom. The van der Waals surface area contributed by atoms with Crippen molar-refractivity contribution in [2.24, 2.45) is 0 Å². The number of pyridine rings is 1. The smallest absolute Gasteiger partial charge is 0.433 e. The van der Waals surface area contributed by atoms with Gasteiger partial charge in [-0.3, -0.25) is 0 Å². The number of alkyl halides is 6. The molecule has 1 heterocycles. The van der Waals surface area contributed by atoms with Gasteiger partial charge >= 0.3 is 18.3 Å². The van der Waals surface area contributed by atoms with Crippen molar-refractivity contribution in [2.45, 2.75) is 12.4 Å². The van der Waals surface area contributed by atoms with Crippen molar-refractivity contribution >= 4 is 12.0 Å². The molecule has 0 aliphatic heterocycles. The molecule has 0 aliphatic rings. The predicted octanol–water partition coefficient (Wildman–Crippen LogP) is 3.44. The van der Waals surface area contributed by atoms with Gasteiger partial charge in [-0.05, 0) is 12.1 Å². The van der Waals surface area contributed by atoms with E-state index in [1.54, 1.807) is 0 Å². The largest absolute Gasteiger partial charge is 0.465 e. The molecule has 10 heteroatoms. The molecule has 0 amide bonds. The Morgan fingerprint density at radius 3 is 2.13 bits per heavy atom. The number of carbonyl (C=O) groups is 1. The van der Waals surface area contributed by atoms with Gasteiger partial charge in [-0.25, -0.2) is 9.78 Å². The Morgan fingerprint density at radius 1 is 1.17 bits per heavy atom. The van der Waals surface area contributed by atoms with E-state index in [1.165, 1.54) is 19.0 Å². The molecule has 0 aliphatic carbocycles. The summed E-state index contributed by atoms with van der Waals surface area (Å²) in [6.45, 7) is 0. The van der Waals surface area contributed by atoms with Gasteiger partial charge in [0, 0.05) is 20.3 Å². The third-order valence-corrected chi connectivity index (χ3v) is 2.56. The number of carbonyl (C=O) groups excluding carboxylic acids is 1. The average Bonchev–Trinajstić information content (AvgIpc) is 2.41. The maximum Gasteiger partial charge on any atom is 0.433 e. The molecule has 1 rings (SSSR count). The highest BCUT2D eigenvalue weighted by molar-refractivity contribution is 5.94. The van der Waals surface area contributed by atoms with E-state index in [0.717, 1.165) is 19.4 Å².